The molecule has 0 heterocycles. The van der Waals surface area contributed by atoms with Gasteiger partial charge in [-0.1, -0.05) is 46.3 Å². The maximum absolute atomic E-state index is 14.3. The van der Waals surface area contributed by atoms with E-state index in [1.165, 1.54) is 25.2 Å². The highest BCUT2D eigenvalue weighted by Gasteiger charge is 2.19. The van der Waals surface area contributed by atoms with Gasteiger partial charge in [0.2, 0.25) is 0 Å². The van der Waals surface area contributed by atoms with Gasteiger partial charge < -0.3 is 5.32 Å². The van der Waals surface area contributed by atoms with E-state index in [9.17, 15) is 17.2 Å². The van der Waals surface area contributed by atoms with Gasteiger partial charge in [0.05, 0.1) is 17.1 Å². The van der Waals surface area contributed by atoms with Crippen molar-refractivity contribution in [1.29, 1.82) is 0 Å². The van der Waals surface area contributed by atoms with Gasteiger partial charge in [-0.2, -0.15) is 8.42 Å². The zero-order chi connectivity index (χ0) is 20.3. The fourth-order valence-electron chi connectivity index (χ4n) is 2.58. The Hall–Kier alpha value is -2.49. The Morgan fingerprint density at radius 1 is 0.929 bits per heavy atom. The second-order valence-electron chi connectivity index (χ2n) is 5.80. The van der Waals surface area contributed by atoms with Crippen molar-refractivity contribution >= 4 is 43.2 Å². The van der Waals surface area contributed by atoms with E-state index in [2.05, 4.69) is 30.7 Å². The van der Waals surface area contributed by atoms with Gasteiger partial charge in [-0.25, -0.2) is 13.5 Å². The molecule has 0 bridgehead atoms. The zero-order valence-corrected chi connectivity index (χ0v) is 17.0. The van der Waals surface area contributed by atoms with Crippen molar-refractivity contribution in [1.82, 2.24) is 4.72 Å². The van der Waals surface area contributed by atoms with Gasteiger partial charge in [0.25, 0.3) is 10.2 Å². The molecule has 3 aromatic rings. The van der Waals surface area contributed by atoms with Crippen molar-refractivity contribution < 1.29 is 17.2 Å². The topological polar surface area (TPSA) is 70.2 Å². The first kappa shape index (κ1) is 20.2. The highest BCUT2D eigenvalue weighted by molar-refractivity contribution is 9.10. The quantitative estimate of drug-likeness (QED) is 0.476. The minimum absolute atomic E-state index is 0.0673. The summed E-state index contributed by atoms with van der Waals surface area (Å²) in [5.74, 6) is -1.19. The van der Waals surface area contributed by atoms with E-state index in [0.717, 1.165) is 6.07 Å². The average molecular weight is 468 g/mol. The molecular formula is C19H16BrF2N3O2S. The molecule has 3 aromatic carbocycles. The minimum Gasteiger partial charge on any atom is -0.351 e. The van der Waals surface area contributed by atoms with Crippen LogP contribution in [-0.2, 0) is 10.2 Å². The smallest absolute Gasteiger partial charge is 0.298 e. The molecule has 0 saturated carbocycles. The van der Waals surface area contributed by atoms with Crippen LogP contribution in [0.4, 0.5) is 25.8 Å². The summed E-state index contributed by atoms with van der Waals surface area (Å²) in [6.45, 7) is 0. The van der Waals surface area contributed by atoms with Gasteiger partial charge in [0.15, 0.2) is 0 Å². The van der Waals surface area contributed by atoms with Crippen LogP contribution >= 0.6 is 15.9 Å². The van der Waals surface area contributed by atoms with Gasteiger partial charge in [0, 0.05) is 17.1 Å². The molecule has 0 aliphatic heterocycles. The molecule has 0 unspecified atom stereocenters. The fourth-order valence-corrected chi connectivity index (χ4v) is 3.51. The third-order valence-corrected chi connectivity index (χ3v) is 5.40. The van der Waals surface area contributed by atoms with Gasteiger partial charge >= 0.3 is 0 Å². The van der Waals surface area contributed by atoms with E-state index in [0.29, 0.717) is 15.6 Å². The van der Waals surface area contributed by atoms with E-state index in [1.807, 2.05) is 0 Å². The largest absolute Gasteiger partial charge is 0.351 e. The van der Waals surface area contributed by atoms with Crippen LogP contribution in [0, 0.1) is 11.6 Å². The lowest BCUT2D eigenvalue weighted by atomic mass is 10.0. The van der Waals surface area contributed by atoms with Crippen molar-refractivity contribution in [3.05, 3.63) is 76.8 Å². The van der Waals surface area contributed by atoms with Gasteiger partial charge in [-0.3, -0.25) is 4.72 Å². The third-order valence-electron chi connectivity index (χ3n) is 3.89. The first-order valence-corrected chi connectivity index (χ1v) is 10.4. The lowest BCUT2D eigenvalue weighted by Crippen LogP contribution is -2.27. The molecular weight excluding hydrogens is 452 g/mol. The lowest BCUT2D eigenvalue weighted by molar-refractivity contribution is 0.593. The molecule has 0 amide bonds. The molecule has 0 atom stereocenters. The highest BCUT2D eigenvalue weighted by atomic mass is 79.9. The van der Waals surface area contributed by atoms with Gasteiger partial charge in [-0.05, 0) is 35.9 Å². The van der Waals surface area contributed by atoms with Crippen LogP contribution < -0.4 is 14.8 Å². The number of hydrogen-bond donors (Lipinski definition) is 3. The highest BCUT2D eigenvalue weighted by Crippen LogP contribution is 2.38. The normalized spacial score (nSPS) is 11.3. The molecule has 9 heteroatoms. The van der Waals surface area contributed by atoms with Crippen molar-refractivity contribution in [2.75, 3.05) is 17.1 Å². The number of rotatable bonds is 6. The molecule has 3 N–H and O–H groups in total. The SMILES string of the molecule is CNS(=O)(=O)Nc1c(Nc2ccc(Br)cc2F)cc(F)cc1-c1ccccc1. The molecule has 0 aliphatic carbocycles. The summed E-state index contributed by atoms with van der Waals surface area (Å²) in [5.41, 5.74) is 1.12. The molecule has 3 rings (SSSR count). The Morgan fingerprint density at radius 2 is 1.64 bits per heavy atom. The van der Waals surface area contributed by atoms with Crippen molar-refractivity contribution in [3.63, 3.8) is 0 Å². The number of hydrogen-bond acceptors (Lipinski definition) is 3. The summed E-state index contributed by atoms with van der Waals surface area (Å²) < 4.78 is 57.9. The molecule has 0 fully saturated rings. The Balaban J connectivity index is 2.18. The maximum Gasteiger partial charge on any atom is 0.298 e. The van der Waals surface area contributed by atoms with Crippen LogP contribution in [0.2, 0.25) is 0 Å². The van der Waals surface area contributed by atoms with Crippen molar-refractivity contribution in [3.8, 4) is 11.1 Å². The Morgan fingerprint density at radius 3 is 2.29 bits per heavy atom. The maximum atomic E-state index is 14.3. The lowest BCUT2D eigenvalue weighted by Gasteiger charge is -2.19. The zero-order valence-electron chi connectivity index (χ0n) is 14.6. The van der Waals surface area contributed by atoms with Crippen molar-refractivity contribution in [2.24, 2.45) is 0 Å². The van der Waals surface area contributed by atoms with E-state index in [4.69, 9.17) is 0 Å². The molecule has 0 aromatic heterocycles. The van der Waals surface area contributed by atoms with Gasteiger partial charge in [0.1, 0.15) is 11.6 Å². The molecule has 0 saturated heterocycles. The Bertz CT molecular complexity index is 1110. The number of halogens is 3. The van der Waals surface area contributed by atoms with Crippen LogP contribution in [0.3, 0.4) is 0 Å². The summed E-state index contributed by atoms with van der Waals surface area (Å²) in [5, 5.41) is 2.78. The Kier molecular flexibility index (Phi) is 5.97. The van der Waals surface area contributed by atoms with Crippen LogP contribution in [0.25, 0.3) is 11.1 Å². The van der Waals surface area contributed by atoms with E-state index >= 15 is 0 Å². The standard InChI is InChI=1S/C19H16BrF2N3O2S/c1-23-28(26,27)25-19-15(12-5-3-2-4-6-12)10-14(21)11-18(19)24-17-8-7-13(20)9-16(17)22/h2-11,23-25H,1H3. The van der Waals surface area contributed by atoms with Crippen LogP contribution in [-0.4, -0.2) is 15.5 Å². The first-order valence-electron chi connectivity index (χ1n) is 8.11. The summed E-state index contributed by atoms with van der Waals surface area (Å²) >= 11 is 3.17. The summed E-state index contributed by atoms with van der Waals surface area (Å²) in [6, 6.07) is 15.4. The van der Waals surface area contributed by atoms with E-state index < -0.39 is 21.8 Å². The monoisotopic (exact) mass is 467 g/mol. The molecule has 5 nitrogen and oxygen atoms in total. The molecule has 0 spiro atoms. The Labute approximate surface area is 170 Å². The molecule has 0 radical (unpaired) electrons. The molecule has 28 heavy (non-hydrogen) atoms. The summed E-state index contributed by atoms with van der Waals surface area (Å²) in [7, 11) is -2.67. The van der Waals surface area contributed by atoms with Crippen LogP contribution in [0.5, 0.6) is 0 Å². The average Bonchev–Trinajstić information content (AvgIpc) is 2.66. The van der Waals surface area contributed by atoms with Crippen LogP contribution in [0.15, 0.2) is 65.1 Å². The van der Waals surface area contributed by atoms with E-state index in [-0.39, 0.29) is 17.1 Å². The van der Waals surface area contributed by atoms with Crippen molar-refractivity contribution in [2.45, 2.75) is 0 Å². The van der Waals surface area contributed by atoms with Crippen LogP contribution in [0.1, 0.15) is 0 Å². The summed E-state index contributed by atoms with van der Waals surface area (Å²) in [6.07, 6.45) is 0. The van der Waals surface area contributed by atoms with Gasteiger partial charge in [-0.15, -0.1) is 0 Å². The predicted octanol–water partition coefficient (Wildman–Crippen LogP) is 5.01. The van der Waals surface area contributed by atoms with E-state index in [1.54, 1.807) is 36.4 Å². The second kappa shape index (κ2) is 8.26. The predicted molar refractivity (Wildman–Crippen MR) is 111 cm³/mol. The minimum atomic E-state index is -3.91. The second-order valence-corrected chi connectivity index (χ2v) is 8.34. The number of anilines is 3. The number of nitrogens with one attached hydrogen (secondary N) is 3. The molecule has 146 valence electrons. The first-order chi connectivity index (χ1) is 13.3. The fraction of sp³-hybridized carbons (Fsp3) is 0.0526. The third kappa shape index (κ3) is 4.67. The summed E-state index contributed by atoms with van der Waals surface area (Å²) in [4.78, 5) is 0. The molecule has 0 aliphatic rings. The number of benzene rings is 3.